The SMILES string of the molecule is CC(C)c1c[c]([Ge]([CH3])([CH3])[CH3])cc(C(C)C)c1-n1c(-c2[c-]cc(F)cc2)nc2ccccc21.CC(C)c1cc(-c2ccc(-c3ccccc3)cc2)cc(C(C)C)c1-n1c(-c2[c-]ccc3c2oc2nc(C#N)ccc23)nc2ccccc21.[Ir]. The van der Waals surface area contributed by atoms with Crippen LogP contribution in [-0.4, -0.2) is 37.4 Å². The Hall–Kier alpha value is -7.74. The van der Waals surface area contributed by atoms with E-state index < -0.39 is 13.3 Å². The molecule has 7 nitrogen and oxygen atoms in total. The van der Waals surface area contributed by atoms with Gasteiger partial charge in [0.05, 0.1) is 22.4 Å². The summed E-state index contributed by atoms with van der Waals surface area (Å²) in [7, 11) is 0. The van der Waals surface area contributed by atoms with Crippen LogP contribution in [0.25, 0.3) is 101 Å². The maximum atomic E-state index is 13.7. The average molecular weight is 1300 g/mol. The van der Waals surface area contributed by atoms with E-state index >= 15 is 0 Å². The zero-order valence-electron chi connectivity index (χ0n) is 47.8. The molecule has 4 aromatic heterocycles. The molecule has 0 spiro atoms. The molecule has 0 saturated heterocycles. The Bertz CT molecular complexity index is 4250. The molecule has 12 aromatic rings. The number of imidazole rings is 2. The fraction of sp³-hybridized carbons (Fsp3) is 0.211. The van der Waals surface area contributed by atoms with Crippen LogP contribution in [0.1, 0.15) is 107 Å². The van der Waals surface area contributed by atoms with Gasteiger partial charge in [-0.1, -0.05) is 105 Å². The molecular formula is C71H65FGeIrN6O-2. The topological polar surface area (TPSA) is 85.5 Å². The molecule has 0 saturated carbocycles. The van der Waals surface area contributed by atoms with Crippen molar-refractivity contribution < 1.29 is 28.9 Å². The zero-order valence-corrected chi connectivity index (χ0v) is 52.3. The standard InChI is InChI=1S/C43H33N4O.C28H32FGeN2.Ir/c1-26(2)36-23-31(30-19-17-29(18-20-30)28-11-6-5-7-12-28)24-37(27(3)4)40(36)47-39-16-9-8-15-38(39)46-42(47)35-14-10-13-33-34-22-21-32(25-44)45-43(34)48-41(33)35;1-18(2)23-16-22(30(5,6)7)17-24(19(3)4)27(23)32-26-11-9-8-10-25(26)31-28(32)20-12-14-21(29)15-13-20;/h5-13,15-24,26-27H,1-4H3;8-12,14-19H,1-7H3;/q2*-1;. The number of furan rings is 1. The van der Waals surface area contributed by atoms with E-state index in [1.807, 2.05) is 42.5 Å². The summed E-state index contributed by atoms with van der Waals surface area (Å²) in [4.78, 5) is 14.7. The molecule has 12 rings (SSSR count). The zero-order chi connectivity index (χ0) is 56.1. The van der Waals surface area contributed by atoms with Gasteiger partial charge in [0.15, 0.2) is 0 Å². The number of hydrogen-bond donors (Lipinski definition) is 0. The second kappa shape index (κ2) is 23.0. The first-order chi connectivity index (χ1) is 38.5. The third-order valence-corrected chi connectivity index (χ3v) is 19.5. The van der Waals surface area contributed by atoms with Crippen molar-refractivity contribution in [3.8, 4) is 62.5 Å². The molecule has 0 aliphatic rings. The second-order valence-electron chi connectivity index (χ2n) is 23.1. The van der Waals surface area contributed by atoms with Gasteiger partial charge in [0.2, 0.25) is 5.71 Å². The van der Waals surface area contributed by atoms with Crippen molar-refractivity contribution in [2.75, 3.05) is 0 Å². The van der Waals surface area contributed by atoms with Crippen molar-refractivity contribution in [3.05, 3.63) is 216 Å². The number of aromatic nitrogens is 5. The third kappa shape index (κ3) is 10.9. The minimum absolute atomic E-state index is 0. The molecule has 10 heteroatoms. The quantitative estimate of drug-likeness (QED) is 0.0951. The first-order valence-electron chi connectivity index (χ1n) is 27.8. The summed E-state index contributed by atoms with van der Waals surface area (Å²) in [6.45, 7) is 18.1. The molecule has 0 fully saturated rings. The molecule has 0 aliphatic carbocycles. The Morgan fingerprint density at radius 3 is 1.57 bits per heavy atom. The van der Waals surface area contributed by atoms with Gasteiger partial charge >= 0.3 is 194 Å². The van der Waals surface area contributed by atoms with Crippen LogP contribution in [0.15, 0.2) is 174 Å². The molecule has 407 valence electrons. The summed E-state index contributed by atoms with van der Waals surface area (Å²) >= 11 is -2.05. The first kappa shape index (κ1) is 56.5. The van der Waals surface area contributed by atoms with Crippen LogP contribution in [0.2, 0.25) is 17.3 Å². The molecule has 81 heavy (non-hydrogen) atoms. The molecular weight excluding hydrogens is 1240 g/mol. The fourth-order valence-corrected chi connectivity index (χ4v) is 13.4. The van der Waals surface area contributed by atoms with Crippen molar-refractivity contribution >= 4 is 61.8 Å². The van der Waals surface area contributed by atoms with Gasteiger partial charge in [-0.15, -0.1) is 18.2 Å². The number of nitriles is 1. The van der Waals surface area contributed by atoms with Crippen molar-refractivity contribution in [1.82, 2.24) is 24.1 Å². The average Bonchev–Trinajstić information content (AvgIpc) is 3.42. The van der Waals surface area contributed by atoms with Crippen LogP contribution in [0.5, 0.6) is 0 Å². The largest absolute Gasteiger partial charge is 0.486 e. The molecule has 0 amide bonds. The summed E-state index contributed by atoms with van der Waals surface area (Å²) < 4.78 is 26.2. The van der Waals surface area contributed by atoms with Crippen LogP contribution in [0.4, 0.5) is 4.39 Å². The van der Waals surface area contributed by atoms with E-state index in [2.05, 4.69) is 208 Å². The van der Waals surface area contributed by atoms with Gasteiger partial charge in [0.1, 0.15) is 11.8 Å². The van der Waals surface area contributed by atoms with E-state index in [0.717, 1.165) is 61.3 Å². The predicted octanol–water partition coefficient (Wildman–Crippen LogP) is 18.7. The van der Waals surface area contributed by atoms with Crippen molar-refractivity contribution in [2.45, 2.75) is 96.3 Å². The first-order valence-corrected chi connectivity index (χ1v) is 35.1. The minimum Gasteiger partial charge on any atom is -0.486 e. The molecule has 0 unspecified atom stereocenters. The summed E-state index contributed by atoms with van der Waals surface area (Å²) in [6, 6.07) is 66.4. The van der Waals surface area contributed by atoms with E-state index in [1.165, 1.54) is 66.7 Å². The van der Waals surface area contributed by atoms with Gasteiger partial charge in [-0.25, -0.2) is 4.98 Å². The van der Waals surface area contributed by atoms with E-state index in [1.54, 1.807) is 12.1 Å². The molecule has 0 bridgehead atoms. The third-order valence-electron chi connectivity index (χ3n) is 15.2. The van der Waals surface area contributed by atoms with Gasteiger partial charge < -0.3 is 8.98 Å². The molecule has 0 N–H and O–H groups in total. The van der Waals surface area contributed by atoms with Gasteiger partial charge in [-0.2, -0.15) is 5.26 Å². The van der Waals surface area contributed by atoms with Gasteiger partial charge in [0, 0.05) is 31.2 Å². The van der Waals surface area contributed by atoms with Crippen LogP contribution < -0.4 is 4.40 Å². The van der Waals surface area contributed by atoms with Gasteiger partial charge in [-0.3, -0.25) is 4.98 Å². The Morgan fingerprint density at radius 1 is 0.531 bits per heavy atom. The van der Waals surface area contributed by atoms with Gasteiger partial charge in [-0.05, 0) is 81.6 Å². The summed E-state index contributed by atoms with van der Waals surface area (Å²) in [5.41, 5.74) is 19.2. The number of pyridine rings is 1. The summed E-state index contributed by atoms with van der Waals surface area (Å²) in [5.74, 6) is 9.81. The van der Waals surface area contributed by atoms with E-state index in [4.69, 9.17) is 14.4 Å². The Labute approximate surface area is 491 Å². The van der Waals surface area contributed by atoms with E-state index in [-0.39, 0.29) is 37.8 Å². The number of halogens is 1. The predicted molar refractivity (Wildman–Crippen MR) is 331 cm³/mol. The maximum absolute atomic E-state index is 13.7. The Kier molecular flexibility index (Phi) is 16.1. The molecule has 0 aliphatic heterocycles. The number of rotatable bonds is 11. The number of fused-ring (bicyclic) bond motifs is 5. The Morgan fingerprint density at radius 2 is 1.04 bits per heavy atom. The van der Waals surface area contributed by atoms with Crippen LogP contribution >= 0.6 is 0 Å². The molecule has 1 radical (unpaired) electrons. The minimum atomic E-state index is -2.05. The summed E-state index contributed by atoms with van der Waals surface area (Å²) in [5, 5.41) is 11.2. The van der Waals surface area contributed by atoms with E-state index in [0.29, 0.717) is 28.8 Å². The van der Waals surface area contributed by atoms with Crippen LogP contribution in [0, 0.1) is 29.3 Å². The number of benzene rings is 8. The second-order valence-corrected chi connectivity index (χ2v) is 33.8. The van der Waals surface area contributed by atoms with E-state index in [9.17, 15) is 9.65 Å². The molecule has 0 atom stereocenters. The normalized spacial score (nSPS) is 11.8. The number of para-hydroxylation sites is 4. The van der Waals surface area contributed by atoms with Crippen molar-refractivity contribution in [3.63, 3.8) is 0 Å². The van der Waals surface area contributed by atoms with Crippen molar-refractivity contribution in [2.24, 2.45) is 0 Å². The van der Waals surface area contributed by atoms with Crippen LogP contribution in [0.3, 0.4) is 0 Å². The smallest absolute Gasteiger partial charge is 0.217 e. The maximum Gasteiger partial charge on any atom is 0.217 e. The Balaban J connectivity index is 0.000000195. The van der Waals surface area contributed by atoms with Gasteiger partial charge in [0.25, 0.3) is 0 Å². The monoisotopic (exact) mass is 1300 g/mol. The van der Waals surface area contributed by atoms with Crippen LogP contribution in [-0.2, 0) is 20.1 Å². The fourth-order valence-electron chi connectivity index (χ4n) is 11.0. The number of nitrogens with zero attached hydrogens (tertiary/aromatic N) is 6. The summed E-state index contributed by atoms with van der Waals surface area (Å²) in [6.07, 6.45) is 0. The number of hydrogen-bond acceptors (Lipinski definition) is 5. The molecule has 4 heterocycles. The molecule has 8 aromatic carbocycles. The van der Waals surface area contributed by atoms with Crippen molar-refractivity contribution in [1.29, 1.82) is 5.26 Å².